The maximum atomic E-state index is 13.0. The summed E-state index contributed by atoms with van der Waals surface area (Å²) in [5, 5.41) is 11.5. The number of carbonyl (C=O) groups is 3. The minimum atomic E-state index is -1.27. The third kappa shape index (κ3) is 2.77. The smallest absolute Gasteiger partial charge is 0.165 e. The van der Waals surface area contributed by atoms with Gasteiger partial charge < -0.3 is 9.90 Å². The van der Waals surface area contributed by atoms with Gasteiger partial charge in [0.15, 0.2) is 5.78 Å². The third-order valence-electron chi connectivity index (χ3n) is 9.80. The van der Waals surface area contributed by atoms with Gasteiger partial charge in [-0.25, -0.2) is 0 Å². The molecule has 28 heavy (non-hydrogen) atoms. The molecule has 0 spiro atoms. The van der Waals surface area contributed by atoms with Crippen molar-refractivity contribution in [1.29, 1.82) is 0 Å². The fourth-order valence-electron chi connectivity index (χ4n) is 8.02. The van der Waals surface area contributed by atoms with Crippen molar-refractivity contribution in [3.63, 3.8) is 0 Å². The first-order valence-corrected chi connectivity index (χ1v) is 11.4. The molecule has 7 unspecified atom stereocenters. The summed E-state index contributed by atoms with van der Waals surface area (Å²) < 4.78 is 0. The van der Waals surface area contributed by atoms with Crippen molar-refractivity contribution in [2.45, 2.75) is 97.0 Å². The lowest BCUT2D eigenvalue weighted by Crippen LogP contribution is -2.58. The maximum absolute atomic E-state index is 13.0. The van der Waals surface area contributed by atoms with E-state index < -0.39 is 5.60 Å². The third-order valence-corrected chi connectivity index (χ3v) is 9.80. The summed E-state index contributed by atoms with van der Waals surface area (Å²) >= 11 is 0. The molecule has 4 saturated carbocycles. The van der Waals surface area contributed by atoms with Gasteiger partial charge in [0.25, 0.3) is 0 Å². The lowest BCUT2D eigenvalue weighted by Gasteiger charge is -2.60. The number of hydrogen-bond acceptors (Lipinski definition) is 4. The van der Waals surface area contributed by atoms with Crippen molar-refractivity contribution in [2.75, 3.05) is 0 Å². The van der Waals surface area contributed by atoms with Gasteiger partial charge in [0.2, 0.25) is 0 Å². The van der Waals surface area contributed by atoms with E-state index in [4.69, 9.17) is 0 Å². The molecule has 0 amide bonds. The van der Waals surface area contributed by atoms with Gasteiger partial charge in [-0.1, -0.05) is 13.8 Å². The lowest BCUT2D eigenvalue weighted by molar-refractivity contribution is -0.170. The van der Waals surface area contributed by atoms with Crippen molar-refractivity contribution >= 4 is 17.3 Å². The van der Waals surface area contributed by atoms with Gasteiger partial charge in [0, 0.05) is 31.1 Å². The van der Waals surface area contributed by atoms with Gasteiger partial charge in [-0.3, -0.25) is 9.59 Å². The lowest BCUT2D eigenvalue weighted by atomic mass is 9.44. The minimum absolute atomic E-state index is 0.0125. The molecule has 156 valence electrons. The zero-order valence-electron chi connectivity index (χ0n) is 17.8. The summed E-state index contributed by atoms with van der Waals surface area (Å²) in [6.45, 7) is 6.07. The van der Waals surface area contributed by atoms with Gasteiger partial charge in [-0.2, -0.15) is 0 Å². The molecule has 0 aromatic carbocycles. The SMILES string of the molecule is CC(=O)CCC(=O)C1(O)CCC2C3CCC4CC(=O)CCC4(C)C3CCC21C. The van der Waals surface area contributed by atoms with E-state index in [-0.39, 0.29) is 35.2 Å². The van der Waals surface area contributed by atoms with E-state index in [0.29, 0.717) is 35.9 Å². The number of carbonyl (C=O) groups excluding carboxylic acids is 3. The van der Waals surface area contributed by atoms with Crippen molar-refractivity contribution in [1.82, 2.24) is 0 Å². The van der Waals surface area contributed by atoms with E-state index in [2.05, 4.69) is 13.8 Å². The van der Waals surface area contributed by atoms with Crippen LogP contribution in [0.4, 0.5) is 0 Å². The number of hydrogen-bond donors (Lipinski definition) is 1. The van der Waals surface area contributed by atoms with Crippen LogP contribution in [0.1, 0.15) is 91.4 Å². The van der Waals surface area contributed by atoms with Crippen LogP contribution in [0, 0.1) is 34.5 Å². The first-order valence-electron chi connectivity index (χ1n) is 11.4. The number of fused-ring (bicyclic) bond motifs is 5. The molecule has 0 radical (unpaired) electrons. The van der Waals surface area contributed by atoms with Gasteiger partial charge in [-0.15, -0.1) is 0 Å². The Morgan fingerprint density at radius 1 is 1.00 bits per heavy atom. The molecule has 4 aliphatic rings. The van der Waals surface area contributed by atoms with Gasteiger partial charge >= 0.3 is 0 Å². The number of aliphatic hydroxyl groups is 1. The zero-order chi connectivity index (χ0) is 20.3. The van der Waals surface area contributed by atoms with Crippen LogP contribution in [0.25, 0.3) is 0 Å². The molecule has 0 heterocycles. The van der Waals surface area contributed by atoms with Crippen LogP contribution < -0.4 is 0 Å². The fourth-order valence-corrected chi connectivity index (χ4v) is 8.02. The number of Topliss-reactive ketones (excluding diaryl/α,β-unsaturated/α-hetero) is 3. The monoisotopic (exact) mass is 388 g/mol. The van der Waals surface area contributed by atoms with Crippen LogP contribution >= 0.6 is 0 Å². The second kappa shape index (κ2) is 6.75. The molecule has 0 aliphatic heterocycles. The van der Waals surface area contributed by atoms with E-state index in [0.717, 1.165) is 51.4 Å². The van der Waals surface area contributed by atoms with Crippen LogP contribution in [-0.2, 0) is 14.4 Å². The van der Waals surface area contributed by atoms with Crippen LogP contribution in [0.2, 0.25) is 0 Å². The van der Waals surface area contributed by atoms with Gasteiger partial charge in [0.1, 0.15) is 17.2 Å². The quantitative estimate of drug-likeness (QED) is 0.781. The minimum Gasteiger partial charge on any atom is -0.381 e. The van der Waals surface area contributed by atoms with Crippen LogP contribution in [-0.4, -0.2) is 28.1 Å². The molecule has 4 heteroatoms. The molecule has 4 rings (SSSR count). The average molecular weight is 389 g/mol. The highest BCUT2D eigenvalue weighted by molar-refractivity contribution is 5.91. The van der Waals surface area contributed by atoms with Crippen LogP contribution in [0.5, 0.6) is 0 Å². The standard InChI is InChI=1S/C24H36O4/c1-15(25)4-7-21(27)24(28)13-10-20-18-6-5-16-14-17(26)8-11-22(16,2)19(18)9-12-23(20,24)3/h16,18-20,28H,4-14H2,1-3H3. The van der Waals surface area contributed by atoms with E-state index in [1.54, 1.807) is 0 Å². The summed E-state index contributed by atoms with van der Waals surface area (Å²) in [5.41, 5.74) is -1.38. The fraction of sp³-hybridized carbons (Fsp3) is 0.875. The van der Waals surface area contributed by atoms with Crippen molar-refractivity contribution in [3.05, 3.63) is 0 Å². The van der Waals surface area contributed by atoms with E-state index in [1.165, 1.54) is 6.92 Å². The Morgan fingerprint density at radius 3 is 2.43 bits per heavy atom. The molecule has 0 aromatic rings. The first kappa shape index (κ1) is 20.3. The van der Waals surface area contributed by atoms with E-state index in [9.17, 15) is 19.5 Å². The number of rotatable bonds is 4. The highest BCUT2D eigenvalue weighted by Gasteiger charge is 2.66. The Labute approximate surface area is 168 Å². The second-order valence-corrected chi connectivity index (χ2v) is 10.9. The van der Waals surface area contributed by atoms with Crippen molar-refractivity contribution in [3.8, 4) is 0 Å². The Hall–Kier alpha value is -1.03. The highest BCUT2D eigenvalue weighted by Crippen LogP contribution is 2.68. The summed E-state index contributed by atoms with van der Waals surface area (Å²) in [6, 6.07) is 0. The molecule has 7 atom stereocenters. The highest BCUT2D eigenvalue weighted by atomic mass is 16.3. The van der Waals surface area contributed by atoms with Crippen molar-refractivity contribution in [2.24, 2.45) is 34.5 Å². The van der Waals surface area contributed by atoms with Crippen molar-refractivity contribution < 1.29 is 19.5 Å². The molecule has 0 aromatic heterocycles. The molecule has 4 fully saturated rings. The molecule has 0 saturated heterocycles. The van der Waals surface area contributed by atoms with E-state index in [1.807, 2.05) is 0 Å². The Bertz CT molecular complexity index is 699. The van der Waals surface area contributed by atoms with Crippen LogP contribution in [0.15, 0.2) is 0 Å². The first-order chi connectivity index (χ1) is 13.1. The summed E-state index contributed by atoms with van der Waals surface area (Å²) in [4.78, 5) is 36.4. The maximum Gasteiger partial charge on any atom is 0.165 e. The normalized spacial score (nSPS) is 47.8. The second-order valence-electron chi connectivity index (χ2n) is 10.9. The predicted molar refractivity (Wildman–Crippen MR) is 107 cm³/mol. The predicted octanol–water partition coefficient (Wildman–Crippen LogP) is 4.27. The summed E-state index contributed by atoms with van der Waals surface area (Å²) in [7, 11) is 0. The van der Waals surface area contributed by atoms with Gasteiger partial charge in [-0.05, 0) is 81.0 Å². The zero-order valence-corrected chi connectivity index (χ0v) is 17.8. The molecule has 0 bridgehead atoms. The Balaban J connectivity index is 1.57. The summed E-state index contributed by atoms with van der Waals surface area (Å²) in [5.74, 6) is 2.42. The Morgan fingerprint density at radius 2 is 1.71 bits per heavy atom. The molecular weight excluding hydrogens is 352 g/mol. The molecular formula is C24H36O4. The Kier molecular flexibility index (Phi) is 4.88. The van der Waals surface area contributed by atoms with E-state index >= 15 is 0 Å². The largest absolute Gasteiger partial charge is 0.381 e. The average Bonchev–Trinajstić information content (AvgIpc) is 2.92. The molecule has 4 nitrogen and oxygen atoms in total. The molecule has 1 N–H and O–H groups in total. The van der Waals surface area contributed by atoms with Gasteiger partial charge in [0.05, 0.1) is 0 Å². The summed E-state index contributed by atoms with van der Waals surface area (Å²) in [6.07, 6.45) is 8.57. The van der Waals surface area contributed by atoms with Crippen LogP contribution in [0.3, 0.4) is 0 Å². The number of ketones is 3. The topological polar surface area (TPSA) is 71.4 Å². The molecule has 4 aliphatic carbocycles.